The van der Waals surface area contributed by atoms with Crippen LogP contribution in [0.3, 0.4) is 0 Å². The average molecular weight is 212 g/mol. The molecule has 0 unspecified atom stereocenters. The number of aliphatic hydroxyl groups is 1. The predicted octanol–water partition coefficient (Wildman–Crippen LogP) is 1.92. The highest BCUT2D eigenvalue weighted by Crippen LogP contribution is 2.20. The number of thioether (sulfide) groups is 1. The maximum absolute atomic E-state index is 10.3. The zero-order chi connectivity index (χ0) is 10.6. The fourth-order valence-electron chi connectivity index (χ4n) is 1.11. The highest BCUT2D eigenvalue weighted by Gasteiger charge is 2.11. The standard InChI is InChI=1S/C10H12O3S/c1-14-8-4-2-7(3-5-8)9(11)6-10(12)13/h2-5,9,11H,6H2,1H3,(H,12,13)/t9-/m1/s1. The van der Waals surface area contributed by atoms with E-state index in [0.29, 0.717) is 5.56 Å². The Labute approximate surface area is 86.8 Å². The van der Waals surface area contributed by atoms with Gasteiger partial charge in [0.25, 0.3) is 0 Å². The molecule has 1 aromatic carbocycles. The maximum Gasteiger partial charge on any atom is 0.306 e. The first-order valence-electron chi connectivity index (χ1n) is 4.17. The van der Waals surface area contributed by atoms with Gasteiger partial charge in [-0.15, -0.1) is 11.8 Å². The van der Waals surface area contributed by atoms with Crippen molar-refractivity contribution in [1.82, 2.24) is 0 Å². The molecule has 1 atom stereocenters. The van der Waals surface area contributed by atoms with E-state index in [4.69, 9.17) is 5.11 Å². The van der Waals surface area contributed by atoms with Gasteiger partial charge >= 0.3 is 5.97 Å². The Kier molecular flexibility index (Phi) is 3.98. The summed E-state index contributed by atoms with van der Waals surface area (Å²) in [7, 11) is 0. The summed E-state index contributed by atoms with van der Waals surface area (Å²) in [4.78, 5) is 11.4. The minimum absolute atomic E-state index is 0.251. The van der Waals surface area contributed by atoms with Crippen molar-refractivity contribution < 1.29 is 15.0 Å². The van der Waals surface area contributed by atoms with Crippen molar-refractivity contribution in [3.05, 3.63) is 29.8 Å². The predicted molar refractivity (Wildman–Crippen MR) is 55.4 cm³/mol. The second kappa shape index (κ2) is 5.02. The van der Waals surface area contributed by atoms with Crippen LogP contribution in [0.4, 0.5) is 0 Å². The molecule has 1 aromatic rings. The van der Waals surface area contributed by atoms with E-state index in [9.17, 15) is 9.90 Å². The van der Waals surface area contributed by atoms with Crippen molar-refractivity contribution in [3.8, 4) is 0 Å². The van der Waals surface area contributed by atoms with Gasteiger partial charge in [-0.2, -0.15) is 0 Å². The zero-order valence-corrected chi connectivity index (χ0v) is 8.62. The van der Waals surface area contributed by atoms with Crippen molar-refractivity contribution in [3.63, 3.8) is 0 Å². The van der Waals surface area contributed by atoms with Crippen molar-refractivity contribution in [1.29, 1.82) is 0 Å². The zero-order valence-electron chi connectivity index (χ0n) is 7.80. The Balaban J connectivity index is 2.71. The van der Waals surface area contributed by atoms with Gasteiger partial charge in [-0.05, 0) is 24.0 Å². The summed E-state index contributed by atoms with van der Waals surface area (Å²) in [6.07, 6.45) is 0.796. The molecule has 0 aromatic heterocycles. The fraction of sp³-hybridized carbons (Fsp3) is 0.300. The molecule has 0 fully saturated rings. The molecular weight excluding hydrogens is 200 g/mol. The molecule has 0 amide bonds. The number of hydrogen-bond acceptors (Lipinski definition) is 3. The van der Waals surface area contributed by atoms with E-state index in [1.807, 2.05) is 18.4 Å². The van der Waals surface area contributed by atoms with Crippen LogP contribution in [-0.4, -0.2) is 22.4 Å². The molecule has 0 aliphatic carbocycles. The number of aliphatic hydroxyl groups excluding tert-OH is 1. The highest BCUT2D eigenvalue weighted by atomic mass is 32.2. The largest absolute Gasteiger partial charge is 0.481 e. The van der Waals surface area contributed by atoms with Crippen molar-refractivity contribution in [2.45, 2.75) is 17.4 Å². The van der Waals surface area contributed by atoms with Gasteiger partial charge < -0.3 is 10.2 Å². The summed E-state index contributed by atoms with van der Waals surface area (Å²) in [5.74, 6) is -0.994. The number of rotatable bonds is 4. The van der Waals surface area contributed by atoms with Gasteiger partial charge in [-0.3, -0.25) is 4.79 Å². The second-order valence-electron chi connectivity index (χ2n) is 2.89. The molecule has 0 radical (unpaired) electrons. The third-order valence-corrected chi connectivity index (χ3v) is 2.61. The van der Waals surface area contributed by atoms with E-state index in [2.05, 4.69) is 0 Å². The Morgan fingerprint density at radius 2 is 2.00 bits per heavy atom. The minimum atomic E-state index is -0.994. The van der Waals surface area contributed by atoms with Crippen LogP contribution < -0.4 is 0 Å². The third-order valence-electron chi connectivity index (χ3n) is 1.87. The molecule has 4 heteroatoms. The van der Waals surface area contributed by atoms with Crippen molar-refractivity contribution in [2.24, 2.45) is 0 Å². The van der Waals surface area contributed by atoms with Gasteiger partial charge in [0.1, 0.15) is 0 Å². The van der Waals surface area contributed by atoms with Gasteiger partial charge in [0, 0.05) is 4.90 Å². The number of carbonyl (C=O) groups is 1. The fourth-order valence-corrected chi connectivity index (χ4v) is 1.52. The summed E-state index contributed by atoms with van der Waals surface area (Å²) < 4.78 is 0. The lowest BCUT2D eigenvalue weighted by molar-refractivity contribution is -0.139. The van der Waals surface area contributed by atoms with Gasteiger partial charge in [-0.25, -0.2) is 0 Å². The van der Waals surface area contributed by atoms with Crippen molar-refractivity contribution in [2.75, 3.05) is 6.26 Å². The number of carboxylic acid groups (broad SMARTS) is 1. The van der Waals surface area contributed by atoms with Crippen LogP contribution in [0, 0.1) is 0 Å². The highest BCUT2D eigenvalue weighted by molar-refractivity contribution is 7.98. The molecule has 0 saturated carbocycles. The molecule has 0 heterocycles. The van der Waals surface area contributed by atoms with Crippen LogP contribution in [-0.2, 0) is 4.79 Å². The van der Waals surface area contributed by atoms with Gasteiger partial charge in [0.15, 0.2) is 0 Å². The Morgan fingerprint density at radius 1 is 1.43 bits per heavy atom. The monoisotopic (exact) mass is 212 g/mol. The molecule has 0 aliphatic rings. The maximum atomic E-state index is 10.3. The lowest BCUT2D eigenvalue weighted by Crippen LogP contribution is -2.05. The Bertz CT molecular complexity index is 308. The lowest BCUT2D eigenvalue weighted by Gasteiger charge is -2.08. The van der Waals surface area contributed by atoms with Crippen LogP contribution in [0.15, 0.2) is 29.2 Å². The molecule has 0 aliphatic heterocycles. The van der Waals surface area contributed by atoms with Crippen LogP contribution in [0.2, 0.25) is 0 Å². The van der Waals surface area contributed by atoms with Crippen molar-refractivity contribution >= 4 is 17.7 Å². The summed E-state index contributed by atoms with van der Waals surface area (Å²) in [6.45, 7) is 0. The molecule has 76 valence electrons. The van der Waals surface area contributed by atoms with Gasteiger partial charge in [0.2, 0.25) is 0 Å². The number of hydrogen-bond donors (Lipinski definition) is 2. The molecule has 2 N–H and O–H groups in total. The minimum Gasteiger partial charge on any atom is -0.481 e. The number of carboxylic acids is 1. The van der Waals surface area contributed by atoms with E-state index in [1.165, 1.54) is 0 Å². The molecule has 3 nitrogen and oxygen atoms in total. The topological polar surface area (TPSA) is 57.5 Å². The van der Waals surface area contributed by atoms with E-state index in [1.54, 1.807) is 23.9 Å². The molecule has 0 bridgehead atoms. The normalized spacial score (nSPS) is 12.4. The number of benzene rings is 1. The molecule has 0 saturated heterocycles. The van der Waals surface area contributed by atoms with Crippen LogP contribution in [0.5, 0.6) is 0 Å². The average Bonchev–Trinajstić information content (AvgIpc) is 2.17. The first-order valence-corrected chi connectivity index (χ1v) is 5.39. The van der Waals surface area contributed by atoms with Crippen LogP contribution in [0.25, 0.3) is 0 Å². The smallest absolute Gasteiger partial charge is 0.306 e. The third kappa shape index (κ3) is 3.05. The second-order valence-corrected chi connectivity index (χ2v) is 3.77. The summed E-state index contributed by atoms with van der Waals surface area (Å²) in [5.41, 5.74) is 0.644. The number of aliphatic carboxylic acids is 1. The molecular formula is C10H12O3S. The van der Waals surface area contributed by atoms with Crippen LogP contribution >= 0.6 is 11.8 Å². The van der Waals surface area contributed by atoms with Gasteiger partial charge in [-0.1, -0.05) is 12.1 Å². The quantitative estimate of drug-likeness (QED) is 0.749. The van der Waals surface area contributed by atoms with E-state index in [-0.39, 0.29) is 6.42 Å². The first-order chi connectivity index (χ1) is 6.63. The molecule has 1 rings (SSSR count). The lowest BCUT2D eigenvalue weighted by atomic mass is 10.1. The SMILES string of the molecule is CSc1ccc([C@H](O)CC(=O)O)cc1. The molecule has 14 heavy (non-hydrogen) atoms. The van der Waals surface area contributed by atoms with E-state index < -0.39 is 12.1 Å². The first kappa shape index (κ1) is 11.1. The summed E-state index contributed by atoms with van der Waals surface area (Å²) in [5, 5.41) is 17.9. The Morgan fingerprint density at radius 3 is 2.43 bits per heavy atom. The van der Waals surface area contributed by atoms with Gasteiger partial charge in [0.05, 0.1) is 12.5 Å². The van der Waals surface area contributed by atoms with E-state index >= 15 is 0 Å². The van der Waals surface area contributed by atoms with Crippen LogP contribution in [0.1, 0.15) is 18.1 Å². The Hall–Kier alpha value is -1.00. The summed E-state index contributed by atoms with van der Waals surface area (Å²) in [6, 6.07) is 7.23. The van der Waals surface area contributed by atoms with E-state index in [0.717, 1.165) is 4.90 Å². The molecule has 0 spiro atoms. The summed E-state index contributed by atoms with van der Waals surface area (Å²) >= 11 is 1.61.